The number of aromatic nitrogens is 2. The van der Waals surface area contributed by atoms with Crippen molar-refractivity contribution in [2.45, 2.75) is 0 Å². The number of benzene rings is 2. The van der Waals surface area contributed by atoms with Gasteiger partial charge in [-0.2, -0.15) is 4.98 Å². The summed E-state index contributed by atoms with van der Waals surface area (Å²) in [4.78, 5) is 4.33. The van der Waals surface area contributed by atoms with Crippen LogP contribution in [0.2, 0.25) is 5.02 Å². The van der Waals surface area contributed by atoms with Gasteiger partial charge in [-0.05, 0) is 24.3 Å². The second kappa shape index (κ2) is 4.74. The number of hydrogen-bond acceptors (Lipinski definition) is 4. The molecule has 1 heterocycles. The maximum atomic E-state index is 6.10. The Morgan fingerprint density at radius 2 is 1.63 bits per heavy atom. The summed E-state index contributed by atoms with van der Waals surface area (Å²) >= 11 is 6.10. The van der Waals surface area contributed by atoms with Crippen molar-refractivity contribution in [1.82, 2.24) is 10.1 Å². The van der Waals surface area contributed by atoms with Gasteiger partial charge < -0.3 is 10.3 Å². The SMILES string of the molecule is Nc1ccccc1-c1nc(-c2ccccc2Cl)no1. The van der Waals surface area contributed by atoms with Gasteiger partial charge in [0.05, 0.1) is 10.6 Å². The van der Waals surface area contributed by atoms with E-state index in [1.165, 1.54) is 0 Å². The van der Waals surface area contributed by atoms with Crippen LogP contribution in [0.4, 0.5) is 5.69 Å². The molecule has 4 nitrogen and oxygen atoms in total. The molecule has 0 saturated heterocycles. The Kier molecular flexibility index (Phi) is 2.93. The fourth-order valence-electron chi connectivity index (χ4n) is 1.78. The standard InChI is InChI=1S/C14H10ClN3O/c15-11-7-3-1-5-9(11)13-17-14(19-18-13)10-6-2-4-8-12(10)16/h1-8H,16H2. The topological polar surface area (TPSA) is 64.9 Å². The van der Waals surface area contributed by atoms with Crippen LogP contribution in [0.5, 0.6) is 0 Å². The van der Waals surface area contributed by atoms with Crippen LogP contribution in [0, 0.1) is 0 Å². The molecule has 0 fully saturated rings. The van der Waals surface area contributed by atoms with Gasteiger partial charge in [0.15, 0.2) is 0 Å². The average molecular weight is 272 g/mol. The molecule has 5 heteroatoms. The van der Waals surface area contributed by atoms with Gasteiger partial charge in [-0.3, -0.25) is 0 Å². The van der Waals surface area contributed by atoms with Gasteiger partial charge in [-0.1, -0.05) is 41.0 Å². The van der Waals surface area contributed by atoms with E-state index in [1.807, 2.05) is 36.4 Å². The van der Waals surface area contributed by atoms with Gasteiger partial charge in [0, 0.05) is 11.3 Å². The largest absolute Gasteiger partial charge is 0.398 e. The number of anilines is 1. The highest BCUT2D eigenvalue weighted by Crippen LogP contribution is 2.29. The molecule has 2 N–H and O–H groups in total. The van der Waals surface area contributed by atoms with Crippen LogP contribution >= 0.6 is 11.6 Å². The summed E-state index contributed by atoms with van der Waals surface area (Å²) in [5.41, 5.74) is 7.92. The Bertz CT molecular complexity index is 664. The molecule has 3 aromatic rings. The normalized spacial score (nSPS) is 10.6. The lowest BCUT2D eigenvalue weighted by molar-refractivity contribution is 0.432. The third-order valence-corrected chi connectivity index (χ3v) is 3.06. The van der Waals surface area contributed by atoms with E-state index >= 15 is 0 Å². The van der Waals surface area contributed by atoms with Crippen molar-refractivity contribution in [3.63, 3.8) is 0 Å². The lowest BCUT2D eigenvalue weighted by Gasteiger charge is -1.98. The summed E-state index contributed by atoms with van der Waals surface area (Å²) in [6, 6.07) is 14.7. The van der Waals surface area contributed by atoms with Gasteiger partial charge >= 0.3 is 0 Å². The first kappa shape index (κ1) is 11.7. The summed E-state index contributed by atoms with van der Waals surface area (Å²) in [6.07, 6.45) is 0. The van der Waals surface area contributed by atoms with Crippen LogP contribution in [-0.2, 0) is 0 Å². The van der Waals surface area contributed by atoms with Gasteiger partial charge in [0.25, 0.3) is 5.89 Å². The van der Waals surface area contributed by atoms with Crippen molar-refractivity contribution in [2.75, 3.05) is 5.73 Å². The van der Waals surface area contributed by atoms with E-state index in [-0.39, 0.29) is 0 Å². The van der Waals surface area contributed by atoms with E-state index in [9.17, 15) is 0 Å². The number of nitrogens with two attached hydrogens (primary N) is 1. The Morgan fingerprint density at radius 3 is 2.37 bits per heavy atom. The second-order valence-corrected chi connectivity index (χ2v) is 4.40. The summed E-state index contributed by atoms with van der Waals surface area (Å²) < 4.78 is 5.24. The molecule has 2 aromatic carbocycles. The molecule has 0 spiro atoms. The summed E-state index contributed by atoms with van der Waals surface area (Å²) in [5.74, 6) is 0.830. The smallest absolute Gasteiger partial charge is 0.260 e. The van der Waals surface area contributed by atoms with Gasteiger partial charge in [0.2, 0.25) is 5.82 Å². The zero-order valence-corrected chi connectivity index (χ0v) is 10.6. The molecule has 3 rings (SSSR count). The fourth-order valence-corrected chi connectivity index (χ4v) is 2.00. The van der Waals surface area contributed by atoms with Crippen LogP contribution in [0.25, 0.3) is 22.8 Å². The monoisotopic (exact) mass is 271 g/mol. The zero-order valence-electron chi connectivity index (χ0n) is 9.88. The maximum absolute atomic E-state index is 6.10. The molecule has 0 bridgehead atoms. The van der Waals surface area contributed by atoms with E-state index in [4.69, 9.17) is 21.9 Å². The van der Waals surface area contributed by atoms with Crippen molar-refractivity contribution in [1.29, 1.82) is 0 Å². The molecule has 0 saturated carbocycles. The van der Waals surface area contributed by atoms with E-state index in [0.29, 0.717) is 28.0 Å². The Morgan fingerprint density at radius 1 is 0.947 bits per heavy atom. The molecule has 0 aliphatic carbocycles. The molecular formula is C14H10ClN3O. The third kappa shape index (κ3) is 2.18. The molecule has 19 heavy (non-hydrogen) atoms. The van der Waals surface area contributed by atoms with Gasteiger partial charge in [0.1, 0.15) is 0 Å². The molecule has 0 atom stereocenters. The maximum Gasteiger partial charge on any atom is 0.260 e. The molecule has 1 aromatic heterocycles. The molecular weight excluding hydrogens is 262 g/mol. The number of nitrogens with zero attached hydrogens (tertiary/aromatic N) is 2. The first-order valence-electron chi connectivity index (χ1n) is 5.69. The van der Waals surface area contributed by atoms with Crippen molar-refractivity contribution in [3.8, 4) is 22.8 Å². The Labute approximate surface area is 114 Å². The molecule has 0 amide bonds. The third-order valence-electron chi connectivity index (χ3n) is 2.73. The van der Waals surface area contributed by atoms with E-state index in [2.05, 4.69) is 10.1 Å². The Balaban J connectivity index is 2.06. The number of halogens is 1. The average Bonchev–Trinajstić information content (AvgIpc) is 2.89. The van der Waals surface area contributed by atoms with Crippen molar-refractivity contribution in [3.05, 3.63) is 53.6 Å². The van der Waals surface area contributed by atoms with Gasteiger partial charge in [-0.15, -0.1) is 0 Å². The van der Waals surface area contributed by atoms with Crippen molar-refractivity contribution < 1.29 is 4.52 Å². The number of para-hydroxylation sites is 1. The van der Waals surface area contributed by atoms with Crippen molar-refractivity contribution >= 4 is 17.3 Å². The number of hydrogen-bond donors (Lipinski definition) is 1. The van der Waals surface area contributed by atoms with E-state index < -0.39 is 0 Å². The minimum Gasteiger partial charge on any atom is -0.398 e. The molecule has 94 valence electrons. The minimum atomic E-state index is 0.382. The lowest BCUT2D eigenvalue weighted by atomic mass is 10.2. The highest BCUT2D eigenvalue weighted by Gasteiger charge is 2.14. The lowest BCUT2D eigenvalue weighted by Crippen LogP contribution is -1.89. The van der Waals surface area contributed by atoms with Crippen LogP contribution in [-0.4, -0.2) is 10.1 Å². The molecule has 0 radical (unpaired) electrons. The second-order valence-electron chi connectivity index (χ2n) is 3.99. The fraction of sp³-hybridized carbons (Fsp3) is 0. The van der Waals surface area contributed by atoms with Crippen LogP contribution in [0.1, 0.15) is 0 Å². The zero-order chi connectivity index (χ0) is 13.2. The summed E-state index contributed by atoms with van der Waals surface area (Å²) in [6.45, 7) is 0. The predicted molar refractivity (Wildman–Crippen MR) is 74.6 cm³/mol. The van der Waals surface area contributed by atoms with E-state index in [1.54, 1.807) is 12.1 Å². The van der Waals surface area contributed by atoms with Crippen LogP contribution < -0.4 is 5.73 Å². The van der Waals surface area contributed by atoms with Crippen LogP contribution in [0.3, 0.4) is 0 Å². The molecule has 0 unspecified atom stereocenters. The summed E-state index contributed by atoms with van der Waals surface area (Å²) in [5, 5.41) is 4.52. The van der Waals surface area contributed by atoms with Crippen molar-refractivity contribution in [2.24, 2.45) is 0 Å². The van der Waals surface area contributed by atoms with Crippen LogP contribution in [0.15, 0.2) is 53.1 Å². The predicted octanol–water partition coefficient (Wildman–Crippen LogP) is 3.64. The highest BCUT2D eigenvalue weighted by atomic mass is 35.5. The highest BCUT2D eigenvalue weighted by molar-refractivity contribution is 6.33. The minimum absolute atomic E-state index is 0.382. The van der Waals surface area contributed by atoms with E-state index in [0.717, 1.165) is 5.56 Å². The quantitative estimate of drug-likeness (QED) is 0.723. The number of rotatable bonds is 2. The molecule has 0 aliphatic heterocycles. The Hall–Kier alpha value is -2.33. The molecule has 0 aliphatic rings. The van der Waals surface area contributed by atoms with Gasteiger partial charge in [-0.25, -0.2) is 0 Å². The number of nitrogen functional groups attached to an aromatic ring is 1. The first-order chi connectivity index (χ1) is 9.25. The summed E-state index contributed by atoms with van der Waals surface area (Å²) in [7, 11) is 0. The first-order valence-corrected chi connectivity index (χ1v) is 6.07.